The van der Waals surface area contributed by atoms with Crippen LogP contribution in [0, 0.1) is 0 Å². The van der Waals surface area contributed by atoms with Gasteiger partial charge in [0.1, 0.15) is 19.1 Å². The van der Waals surface area contributed by atoms with Crippen LogP contribution in [-0.2, 0) is 19.2 Å². The molecule has 0 rings (SSSR count). The maximum Gasteiger partial charge on any atom is 0.326 e. The second-order valence-electron chi connectivity index (χ2n) is 4.13. The Hall–Kier alpha value is -2.85. The lowest BCUT2D eigenvalue weighted by Crippen LogP contribution is -2.52. The molecule has 0 fully saturated rings. The largest absolute Gasteiger partial charge is 0.480 e. The van der Waals surface area contributed by atoms with E-state index in [2.05, 4.69) is 0 Å². The summed E-state index contributed by atoms with van der Waals surface area (Å²) >= 11 is 0. The summed E-state index contributed by atoms with van der Waals surface area (Å²) in [7, 11) is 0. The number of carbonyl (C=O) groups excluding carboxylic acids is 4. The van der Waals surface area contributed by atoms with Crippen molar-refractivity contribution in [2.45, 2.75) is 18.9 Å². The van der Waals surface area contributed by atoms with Crippen LogP contribution in [0.3, 0.4) is 0 Å². The molecule has 0 saturated carbocycles. The molecule has 0 aliphatic rings. The third kappa shape index (κ3) is 8.02. The second kappa shape index (κ2) is 8.35. The third-order valence-corrected chi connectivity index (χ3v) is 2.26. The number of urea groups is 1. The molecule has 0 aliphatic heterocycles. The van der Waals surface area contributed by atoms with Gasteiger partial charge in [-0.2, -0.15) is 0 Å². The summed E-state index contributed by atoms with van der Waals surface area (Å²) in [6.07, 6.45) is -0.500. The van der Waals surface area contributed by atoms with Gasteiger partial charge in [-0.3, -0.25) is 14.4 Å². The summed E-state index contributed by atoms with van der Waals surface area (Å²) in [5.41, 5.74) is 14.7. The van der Waals surface area contributed by atoms with Gasteiger partial charge in [0.2, 0.25) is 17.7 Å². The molecule has 0 heterocycles. The number of carboxylic acid groups (broad SMARTS) is 1. The number of hydrogen-bond acceptors (Lipinski definition) is 5. The number of hydrogen-bond donors (Lipinski definition) is 5. The standard InChI is InChI=1S/C10H17N5O6/c11-6(16)2-1-5(9(19)20)14-10(21)15(3-7(12)17)4-8(13)18/h5H,1-4H2,(H2,11,16)(H2,12,17)(H2,13,18)(H,14,21)(H,19,20). The lowest BCUT2D eigenvalue weighted by Gasteiger charge is -2.22. The average molecular weight is 303 g/mol. The maximum absolute atomic E-state index is 11.8. The Morgan fingerprint density at radius 1 is 0.952 bits per heavy atom. The zero-order chi connectivity index (χ0) is 16.6. The summed E-state index contributed by atoms with van der Waals surface area (Å²) in [6.45, 7) is -1.23. The van der Waals surface area contributed by atoms with Crippen molar-refractivity contribution in [3.05, 3.63) is 0 Å². The van der Waals surface area contributed by atoms with Crippen molar-refractivity contribution in [1.29, 1.82) is 0 Å². The van der Waals surface area contributed by atoms with Crippen molar-refractivity contribution in [1.82, 2.24) is 10.2 Å². The van der Waals surface area contributed by atoms with Crippen molar-refractivity contribution < 1.29 is 29.1 Å². The second-order valence-corrected chi connectivity index (χ2v) is 4.13. The first-order valence-corrected chi connectivity index (χ1v) is 5.76. The van der Waals surface area contributed by atoms with Gasteiger partial charge in [0.25, 0.3) is 0 Å². The number of nitrogens with zero attached hydrogens (tertiary/aromatic N) is 1. The minimum absolute atomic E-state index is 0.239. The lowest BCUT2D eigenvalue weighted by molar-refractivity contribution is -0.139. The van der Waals surface area contributed by atoms with Crippen LogP contribution in [0.5, 0.6) is 0 Å². The number of amides is 5. The van der Waals surface area contributed by atoms with Crippen LogP contribution in [-0.4, -0.2) is 58.9 Å². The molecule has 8 N–H and O–H groups in total. The minimum Gasteiger partial charge on any atom is -0.480 e. The van der Waals surface area contributed by atoms with Gasteiger partial charge >= 0.3 is 12.0 Å². The van der Waals surface area contributed by atoms with Crippen molar-refractivity contribution in [2.75, 3.05) is 13.1 Å². The molecule has 0 spiro atoms. The van der Waals surface area contributed by atoms with E-state index < -0.39 is 48.9 Å². The molecule has 11 nitrogen and oxygen atoms in total. The fraction of sp³-hybridized carbons (Fsp3) is 0.500. The molecule has 0 aromatic rings. The zero-order valence-corrected chi connectivity index (χ0v) is 11.1. The van der Waals surface area contributed by atoms with Gasteiger partial charge in [-0.15, -0.1) is 0 Å². The molecule has 118 valence electrons. The van der Waals surface area contributed by atoms with E-state index in [1.54, 1.807) is 0 Å². The number of nitrogens with one attached hydrogen (secondary N) is 1. The average Bonchev–Trinajstić information content (AvgIpc) is 2.31. The first-order chi connectivity index (χ1) is 9.63. The summed E-state index contributed by atoms with van der Waals surface area (Å²) in [5.74, 6) is -3.95. The first kappa shape index (κ1) is 18.1. The Bertz CT molecular complexity index is 435. The third-order valence-electron chi connectivity index (χ3n) is 2.26. The fourth-order valence-corrected chi connectivity index (χ4v) is 1.36. The number of primary amides is 3. The van der Waals surface area contributed by atoms with E-state index in [4.69, 9.17) is 22.3 Å². The molecule has 1 unspecified atom stereocenters. The highest BCUT2D eigenvalue weighted by Crippen LogP contribution is 1.99. The Morgan fingerprint density at radius 2 is 1.43 bits per heavy atom. The Labute approximate surface area is 119 Å². The number of aliphatic carboxylic acids is 1. The molecule has 21 heavy (non-hydrogen) atoms. The van der Waals surface area contributed by atoms with E-state index in [1.807, 2.05) is 5.32 Å². The quantitative estimate of drug-likeness (QED) is 0.295. The first-order valence-electron chi connectivity index (χ1n) is 5.76. The normalized spacial score (nSPS) is 11.2. The van der Waals surface area contributed by atoms with Crippen molar-refractivity contribution in [3.63, 3.8) is 0 Å². The highest BCUT2D eigenvalue weighted by Gasteiger charge is 2.25. The van der Waals surface area contributed by atoms with Gasteiger partial charge in [-0.05, 0) is 6.42 Å². The van der Waals surface area contributed by atoms with Gasteiger partial charge in [0.05, 0.1) is 0 Å². The Kier molecular flexibility index (Phi) is 7.21. The van der Waals surface area contributed by atoms with Crippen LogP contribution < -0.4 is 22.5 Å². The molecule has 0 aliphatic carbocycles. The predicted octanol–water partition coefficient (Wildman–Crippen LogP) is -3.31. The monoisotopic (exact) mass is 303 g/mol. The molecule has 5 amide bonds. The van der Waals surface area contributed by atoms with Crippen LogP contribution in [0.2, 0.25) is 0 Å². The topological polar surface area (TPSA) is 199 Å². The zero-order valence-electron chi connectivity index (χ0n) is 11.1. The van der Waals surface area contributed by atoms with Crippen molar-refractivity contribution >= 4 is 29.7 Å². The van der Waals surface area contributed by atoms with Crippen LogP contribution in [0.4, 0.5) is 4.79 Å². The van der Waals surface area contributed by atoms with Crippen LogP contribution in [0.1, 0.15) is 12.8 Å². The molecule has 11 heteroatoms. The molecule has 0 radical (unpaired) electrons. The smallest absolute Gasteiger partial charge is 0.326 e. The van der Waals surface area contributed by atoms with Gasteiger partial charge in [-0.25, -0.2) is 9.59 Å². The molecular weight excluding hydrogens is 286 g/mol. The summed E-state index contributed by atoms with van der Waals surface area (Å²) in [4.78, 5) is 55.6. The highest BCUT2D eigenvalue weighted by atomic mass is 16.4. The molecule has 0 saturated heterocycles. The van der Waals surface area contributed by atoms with Gasteiger partial charge < -0.3 is 32.5 Å². The summed E-state index contributed by atoms with van der Waals surface area (Å²) in [6, 6.07) is -2.43. The Balaban J connectivity index is 4.80. The molecule has 0 aromatic carbocycles. The number of nitrogens with two attached hydrogens (primary N) is 3. The predicted molar refractivity (Wildman–Crippen MR) is 68.3 cm³/mol. The summed E-state index contributed by atoms with van der Waals surface area (Å²) < 4.78 is 0. The molecule has 1 atom stereocenters. The van der Waals surface area contributed by atoms with Gasteiger partial charge in [-0.1, -0.05) is 0 Å². The van der Waals surface area contributed by atoms with E-state index in [0.717, 1.165) is 0 Å². The van der Waals surface area contributed by atoms with E-state index in [9.17, 15) is 24.0 Å². The molecule has 0 bridgehead atoms. The van der Waals surface area contributed by atoms with Gasteiger partial charge in [0.15, 0.2) is 0 Å². The molecule has 0 aromatic heterocycles. The van der Waals surface area contributed by atoms with Crippen molar-refractivity contribution in [2.24, 2.45) is 17.2 Å². The minimum atomic E-state index is -1.41. The van der Waals surface area contributed by atoms with Crippen LogP contribution in [0.25, 0.3) is 0 Å². The van der Waals surface area contributed by atoms with E-state index >= 15 is 0 Å². The number of carbonyl (C=O) groups is 5. The van der Waals surface area contributed by atoms with E-state index in [1.165, 1.54) is 0 Å². The number of rotatable bonds is 9. The highest BCUT2D eigenvalue weighted by molar-refractivity contribution is 5.89. The van der Waals surface area contributed by atoms with E-state index in [-0.39, 0.29) is 12.8 Å². The molecular formula is C10H17N5O6. The summed E-state index contributed by atoms with van der Waals surface area (Å²) in [5, 5.41) is 11.0. The lowest BCUT2D eigenvalue weighted by atomic mass is 10.1. The number of carboxylic acids is 1. The SMILES string of the molecule is NC(=O)CCC(NC(=O)N(CC(N)=O)CC(N)=O)C(=O)O. The van der Waals surface area contributed by atoms with Crippen molar-refractivity contribution in [3.8, 4) is 0 Å². The van der Waals surface area contributed by atoms with Crippen LogP contribution in [0.15, 0.2) is 0 Å². The fourth-order valence-electron chi connectivity index (χ4n) is 1.36. The van der Waals surface area contributed by atoms with Gasteiger partial charge in [0, 0.05) is 6.42 Å². The van der Waals surface area contributed by atoms with E-state index in [0.29, 0.717) is 4.90 Å². The van der Waals surface area contributed by atoms with Crippen LogP contribution >= 0.6 is 0 Å². The maximum atomic E-state index is 11.8. The Morgan fingerprint density at radius 3 is 1.76 bits per heavy atom.